The van der Waals surface area contributed by atoms with Gasteiger partial charge in [0.2, 0.25) is 0 Å². The summed E-state index contributed by atoms with van der Waals surface area (Å²) in [4.78, 5) is 0. The van der Waals surface area contributed by atoms with E-state index in [1.54, 1.807) is 0 Å². The quantitative estimate of drug-likeness (QED) is 0.750. The number of hydrogen-bond donors (Lipinski definition) is 3. The molecular weight excluding hydrogens is 300 g/mol. The van der Waals surface area contributed by atoms with Crippen LogP contribution < -0.4 is 0 Å². The van der Waals surface area contributed by atoms with Gasteiger partial charge in [0.1, 0.15) is 0 Å². The molecule has 24 heavy (non-hydrogen) atoms. The third-order valence-corrected chi connectivity index (χ3v) is 4.87. The summed E-state index contributed by atoms with van der Waals surface area (Å²) in [7, 11) is 0. The predicted octanol–water partition coefficient (Wildman–Crippen LogP) is 3.07. The molecule has 122 valence electrons. The van der Waals surface area contributed by atoms with Gasteiger partial charge in [0.25, 0.3) is 0 Å². The minimum atomic E-state index is -1.36. The van der Waals surface area contributed by atoms with Gasteiger partial charge in [-0.2, -0.15) is 0 Å². The highest BCUT2D eigenvalue weighted by atomic mass is 16.5. The van der Waals surface area contributed by atoms with E-state index in [4.69, 9.17) is 0 Å². The minimum Gasteiger partial charge on any atom is -0.389 e. The molecule has 0 saturated heterocycles. The Morgan fingerprint density at radius 1 is 1.08 bits per heavy atom. The maximum absolute atomic E-state index is 9.78. The van der Waals surface area contributed by atoms with Gasteiger partial charge in [0.05, 0.1) is 12.0 Å². The van der Waals surface area contributed by atoms with Crippen LogP contribution in [0.15, 0.2) is 65.8 Å². The first-order chi connectivity index (χ1) is 11.6. The van der Waals surface area contributed by atoms with Gasteiger partial charge >= 0.3 is 0 Å². The molecule has 0 spiro atoms. The van der Waals surface area contributed by atoms with Crippen molar-refractivity contribution in [2.75, 3.05) is 0 Å². The van der Waals surface area contributed by atoms with Gasteiger partial charge in [-0.3, -0.25) is 0 Å². The van der Waals surface area contributed by atoms with Crippen molar-refractivity contribution in [1.29, 1.82) is 0 Å². The molecule has 1 aromatic carbocycles. The molecule has 0 saturated carbocycles. The van der Waals surface area contributed by atoms with Crippen LogP contribution in [0.1, 0.15) is 35.4 Å². The second-order valence-corrected chi connectivity index (χ2v) is 6.50. The number of fused-ring (bicyclic) bond motifs is 1. The highest BCUT2D eigenvalue weighted by molar-refractivity contribution is 5.81. The molecule has 2 atom stereocenters. The SMILES string of the molecule is OC1C=C(C2=CC(c3ccc4c(c3)C=CC4C(O)O)=CC2)C=CC1. The predicted molar refractivity (Wildman–Crippen MR) is 95.0 cm³/mol. The molecule has 0 amide bonds. The van der Waals surface area contributed by atoms with Crippen molar-refractivity contribution in [1.82, 2.24) is 0 Å². The zero-order valence-corrected chi connectivity index (χ0v) is 13.3. The van der Waals surface area contributed by atoms with Gasteiger partial charge in [0.15, 0.2) is 6.29 Å². The van der Waals surface area contributed by atoms with Crippen molar-refractivity contribution in [3.63, 3.8) is 0 Å². The van der Waals surface area contributed by atoms with Crippen LogP contribution in [0, 0.1) is 0 Å². The van der Waals surface area contributed by atoms with Gasteiger partial charge < -0.3 is 15.3 Å². The molecular formula is C21H20O3. The number of allylic oxidation sites excluding steroid dienone is 6. The van der Waals surface area contributed by atoms with Gasteiger partial charge in [-0.05, 0) is 58.4 Å². The van der Waals surface area contributed by atoms with Crippen molar-refractivity contribution >= 4 is 11.6 Å². The zero-order valence-electron chi connectivity index (χ0n) is 13.3. The molecule has 1 aromatic rings. The maximum Gasteiger partial charge on any atom is 0.161 e. The van der Waals surface area contributed by atoms with E-state index in [0.717, 1.165) is 28.7 Å². The number of aliphatic hydroxyl groups is 3. The van der Waals surface area contributed by atoms with Gasteiger partial charge in [-0.15, -0.1) is 0 Å². The average molecular weight is 320 g/mol. The normalized spacial score (nSPS) is 24.9. The van der Waals surface area contributed by atoms with Crippen LogP contribution in [-0.2, 0) is 0 Å². The molecule has 2 unspecified atom stereocenters. The summed E-state index contributed by atoms with van der Waals surface area (Å²) in [5.74, 6) is -0.336. The molecule has 3 aliphatic carbocycles. The fraction of sp³-hybridized carbons (Fsp3) is 0.238. The van der Waals surface area contributed by atoms with E-state index in [1.165, 1.54) is 11.1 Å². The van der Waals surface area contributed by atoms with E-state index in [-0.39, 0.29) is 12.0 Å². The van der Waals surface area contributed by atoms with Crippen LogP contribution in [0.25, 0.3) is 11.6 Å². The third kappa shape index (κ3) is 2.71. The van der Waals surface area contributed by atoms with E-state index in [1.807, 2.05) is 36.4 Å². The lowest BCUT2D eigenvalue weighted by Crippen LogP contribution is -2.14. The Kier molecular flexibility index (Phi) is 3.85. The first-order valence-corrected chi connectivity index (χ1v) is 8.28. The number of aliphatic hydroxyl groups excluding tert-OH is 2. The van der Waals surface area contributed by atoms with Crippen molar-refractivity contribution < 1.29 is 15.3 Å². The Labute approximate surface area is 141 Å². The highest BCUT2D eigenvalue weighted by Crippen LogP contribution is 2.36. The largest absolute Gasteiger partial charge is 0.389 e. The molecule has 0 aliphatic heterocycles. The number of hydrogen-bond acceptors (Lipinski definition) is 3. The average Bonchev–Trinajstić information content (AvgIpc) is 3.21. The standard InChI is InChI=1S/C21H20O3/c22-18-3-1-2-13(12-18)14-4-5-15(10-14)16-6-8-19-17(11-16)7-9-20(19)21(23)24/h1-2,5-12,18,20-24H,3-4H2. The summed E-state index contributed by atoms with van der Waals surface area (Å²) < 4.78 is 0. The van der Waals surface area contributed by atoms with Crippen molar-refractivity contribution in [3.8, 4) is 0 Å². The minimum absolute atomic E-state index is 0.336. The van der Waals surface area contributed by atoms with Crippen LogP contribution in [0.3, 0.4) is 0 Å². The van der Waals surface area contributed by atoms with Gasteiger partial charge in [-0.1, -0.05) is 48.6 Å². The van der Waals surface area contributed by atoms with Crippen LogP contribution in [0.2, 0.25) is 0 Å². The lowest BCUT2D eigenvalue weighted by molar-refractivity contribution is -0.0490. The summed E-state index contributed by atoms with van der Waals surface area (Å²) in [5.41, 5.74) is 6.62. The Balaban J connectivity index is 1.60. The summed E-state index contributed by atoms with van der Waals surface area (Å²) in [6.07, 6.45) is 14.0. The van der Waals surface area contributed by atoms with Crippen LogP contribution in [0.4, 0.5) is 0 Å². The maximum atomic E-state index is 9.78. The smallest absolute Gasteiger partial charge is 0.161 e. The summed E-state index contributed by atoms with van der Waals surface area (Å²) in [5, 5.41) is 28.6. The summed E-state index contributed by atoms with van der Waals surface area (Å²) >= 11 is 0. The third-order valence-electron chi connectivity index (χ3n) is 4.87. The lowest BCUT2D eigenvalue weighted by atomic mass is 9.95. The highest BCUT2D eigenvalue weighted by Gasteiger charge is 2.23. The summed E-state index contributed by atoms with van der Waals surface area (Å²) in [6.45, 7) is 0. The molecule has 0 bridgehead atoms. The molecule has 3 N–H and O–H groups in total. The Morgan fingerprint density at radius 2 is 1.96 bits per heavy atom. The number of rotatable bonds is 3. The monoisotopic (exact) mass is 320 g/mol. The molecule has 0 radical (unpaired) electrons. The molecule has 3 nitrogen and oxygen atoms in total. The van der Waals surface area contributed by atoms with Gasteiger partial charge in [-0.25, -0.2) is 0 Å². The van der Waals surface area contributed by atoms with Crippen LogP contribution in [-0.4, -0.2) is 27.7 Å². The molecule has 0 fully saturated rings. The van der Waals surface area contributed by atoms with Crippen LogP contribution >= 0.6 is 0 Å². The fourth-order valence-electron chi connectivity index (χ4n) is 3.58. The fourth-order valence-corrected chi connectivity index (χ4v) is 3.58. The lowest BCUT2D eigenvalue weighted by Gasteiger charge is -2.14. The Bertz CT molecular complexity index is 821. The van der Waals surface area contributed by atoms with Crippen molar-refractivity contribution in [3.05, 3.63) is 82.5 Å². The van der Waals surface area contributed by atoms with E-state index in [2.05, 4.69) is 24.3 Å². The van der Waals surface area contributed by atoms with E-state index in [0.29, 0.717) is 6.42 Å². The topological polar surface area (TPSA) is 60.7 Å². The second-order valence-electron chi connectivity index (χ2n) is 6.50. The van der Waals surface area contributed by atoms with Gasteiger partial charge in [0, 0.05) is 0 Å². The first-order valence-electron chi connectivity index (χ1n) is 8.28. The van der Waals surface area contributed by atoms with Crippen LogP contribution in [0.5, 0.6) is 0 Å². The molecule has 4 rings (SSSR count). The van der Waals surface area contributed by atoms with E-state index >= 15 is 0 Å². The summed E-state index contributed by atoms with van der Waals surface area (Å²) in [6, 6.07) is 6.11. The molecule has 3 heteroatoms. The molecule has 0 heterocycles. The first kappa shape index (κ1) is 15.3. The number of benzene rings is 1. The molecule has 3 aliphatic rings. The Hall–Kier alpha value is -2.20. The second kappa shape index (κ2) is 6.02. The van der Waals surface area contributed by atoms with E-state index < -0.39 is 6.29 Å². The van der Waals surface area contributed by atoms with Crippen molar-refractivity contribution in [2.45, 2.75) is 31.2 Å². The van der Waals surface area contributed by atoms with E-state index in [9.17, 15) is 15.3 Å². The molecule has 0 aromatic heterocycles. The Morgan fingerprint density at radius 3 is 2.75 bits per heavy atom. The zero-order chi connectivity index (χ0) is 16.7. The van der Waals surface area contributed by atoms with Crippen molar-refractivity contribution in [2.24, 2.45) is 0 Å².